The van der Waals surface area contributed by atoms with Crippen molar-refractivity contribution in [1.82, 2.24) is 42.5 Å². The van der Waals surface area contributed by atoms with Gasteiger partial charge < -0.3 is 78.9 Å². The van der Waals surface area contributed by atoms with Gasteiger partial charge in [-0.2, -0.15) is 0 Å². The minimum atomic E-state index is -2.58. The van der Waals surface area contributed by atoms with Crippen molar-refractivity contribution in [2.75, 3.05) is 19.7 Å². The molecule has 0 bridgehead atoms. The molecule has 26 heteroatoms. The van der Waals surface area contributed by atoms with Crippen LogP contribution in [0.3, 0.4) is 0 Å². The van der Waals surface area contributed by atoms with Crippen molar-refractivity contribution in [3.63, 3.8) is 0 Å². The number of aliphatic hydroxyl groups excluding tert-OH is 5. The van der Waals surface area contributed by atoms with E-state index in [-0.39, 0.29) is 0 Å². The predicted molar refractivity (Wildman–Crippen MR) is 177 cm³/mol. The second kappa shape index (κ2) is 21.2. The number of nitrogens with one attached hydrogen (secondary N) is 8. The van der Waals surface area contributed by atoms with Crippen molar-refractivity contribution in [3.8, 4) is 0 Å². The molecule has 1 aliphatic heterocycles. The number of β-amino-alcohol motifs (C(OH)–C–C–N with tert-alkyl or cyclic N) is 1. The van der Waals surface area contributed by atoms with E-state index in [1.54, 1.807) is 5.32 Å². The summed E-state index contributed by atoms with van der Waals surface area (Å²) in [5.41, 5.74) is 5.02. The Morgan fingerprint density at radius 3 is 1.73 bits per heavy atom. The largest absolute Gasteiger partial charge is 0.479 e. The molecule has 0 spiro atoms. The Morgan fingerprint density at radius 1 is 0.727 bits per heavy atom. The molecule has 1 aliphatic rings. The summed E-state index contributed by atoms with van der Waals surface area (Å²) < 4.78 is 0. The molecule has 9 amide bonds. The van der Waals surface area contributed by atoms with Crippen molar-refractivity contribution in [1.29, 1.82) is 0 Å². The van der Waals surface area contributed by atoms with Crippen molar-refractivity contribution in [3.05, 3.63) is 0 Å². The molecule has 0 aromatic carbocycles. The van der Waals surface area contributed by atoms with Crippen LogP contribution in [-0.4, -0.2) is 176 Å². The molecule has 1 rings (SSSR count). The number of aliphatic hydroxyl groups is 5. The summed E-state index contributed by atoms with van der Waals surface area (Å²) in [6.45, 7) is 1.28. The third kappa shape index (κ3) is 13.8. The fourth-order valence-electron chi connectivity index (χ4n) is 4.46. The number of carbonyl (C=O) groups excluding carboxylic acids is 10. The van der Waals surface area contributed by atoms with Crippen LogP contribution in [0.1, 0.15) is 27.7 Å². The molecule has 0 aromatic heterocycles. The van der Waals surface area contributed by atoms with Crippen LogP contribution in [0.2, 0.25) is 0 Å². The Balaban J connectivity index is 3.80. The smallest absolute Gasteiger partial charge is 0.336 e. The van der Waals surface area contributed by atoms with E-state index in [0.29, 0.717) is 0 Å². The zero-order valence-corrected chi connectivity index (χ0v) is 29.7. The van der Waals surface area contributed by atoms with E-state index in [9.17, 15) is 83.4 Å². The summed E-state index contributed by atoms with van der Waals surface area (Å²) in [5.74, 6) is -17.1. The number of carboxylic acids is 1. The molecule has 4 unspecified atom stereocenters. The number of rotatable bonds is 10. The number of carbonyl (C=O) groups is 11. The second-order valence-electron chi connectivity index (χ2n) is 12.4. The standard InChI is InChI=1S/C29H45N9O17/c1-8(2)14-26(51)37-16(18(43)19(44)20(30)45)27(52)36-15(9(3)40)25(50)32-6-13(42)24(49)38-17(29(54)55)28(53)33-11(5-31-21(46)10(4)41)22(47)34-12(7-39)23(48)35-14/h8-9,11-19,39-40,42-44H,5-7H2,1-4H3,(H2,30,45)(H,31,46)(H,32,50)(H,33,53)(H,34,47)(H,35,48)(H,36,52)(H,37,51)(H,38,49)(H,54,55)/t9-,11+,12+,13+,14+,15+,16?,17?,18?,19?/m1/s1. The number of hydrogen-bond acceptors (Lipinski definition) is 16. The van der Waals surface area contributed by atoms with Crippen molar-refractivity contribution < 1.29 is 83.4 Å². The molecule has 10 atom stereocenters. The van der Waals surface area contributed by atoms with Crippen LogP contribution < -0.4 is 48.3 Å². The van der Waals surface area contributed by atoms with E-state index in [1.807, 2.05) is 31.9 Å². The average Bonchev–Trinajstić information content (AvgIpc) is 3.10. The van der Waals surface area contributed by atoms with Crippen molar-refractivity contribution in [2.24, 2.45) is 11.7 Å². The zero-order chi connectivity index (χ0) is 42.5. The van der Waals surface area contributed by atoms with Gasteiger partial charge in [0.1, 0.15) is 42.4 Å². The third-order valence-electron chi connectivity index (χ3n) is 7.65. The molecule has 55 heavy (non-hydrogen) atoms. The van der Waals surface area contributed by atoms with Gasteiger partial charge in [-0.15, -0.1) is 0 Å². The van der Waals surface area contributed by atoms with Crippen molar-refractivity contribution >= 4 is 64.9 Å². The van der Waals surface area contributed by atoms with Gasteiger partial charge in [0.2, 0.25) is 47.3 Å². The fraction of sp³-hybridized carbons (Fsp3) is 0.621. The highest BCUT2D eigenvalue weighted by molar-refractivity contribution is 6.35. The Kier molecular flexibility index (Phi) is 18.2. The Morgan fingerprint density at radius 2 is 1.24 bits per heavy atom. The van der Waals surface area contributed by atoms with Crippen LogP contribution in [0.5, 0.6) is 0 Å². The van der Waals surface area contributed by atoms with Crippen molar-refractivity contribution in [2.45, 2.75) is 88.4 Å². The lowest BCUT2D eigenvalue weighted by Gasteiger charge is -2.31. The Hall–Kier alpha value is -5.83. The minimum absolute atomic E-state index is 0.836. The van der Waals surface area contributed by atoms with Gasteiger partial charge in [0.25, 0.3) is 17.7 Å². The second-order valence-corrected chi connectivity index (χ2v) is 12.4. The summed E-state index contributed by atoms with van der Waals surface area (Å²) in [6.07, 6.45) is -9.23. The lowest BCUT2D eigenvalue weighted by atomic mass is 9.99. The molecule has 0 aromatic rings. The maximum Gasteiger partial charge on any atom is 0.336 e. The van der Waals surface area contributed by atoms with Gasteiger partial charge in [-0.05, 0) is 12.8 Å². The number of Topliss-reactive ketones (excluding diaryl/α,β-unsaturated/α-hetero) is 1. The fourth-order valence-corrected chi connectivity index (χ4v) is 4.46. The average molecular weight is 792 g/mol. The summed E-state index contributed by atoms with van der Waals surface area (Å²) in [7, 11) is 0. The monoisotopic (exact) mass is 791 g/mol. The van der Waals surface area contributed by atoms with Gasteiger partial charge in [0, 0.05) is 13.5 Å². The first-order chi connectivity index (χ1) is 25.4. The highest BCUT2D eigenvalue weighted by atomic mass is 16.4. The van der Waals surface area contributed by atoms with E-state index in [4.69, 9.17) is 5.73 Å². The summed E-state index contributed by atoms with van der Waals surface area (Å²) in [5, 5.41) is 76.4. The van der Waals surface area contributed by atoms with Gasteiger partial charge in [0.05, 0.1) is 19.3 Å². The van der Waals surface area contributed by atoms with Crippen LogP contribution in [0.15, 0.2) is 0 Å². The first-order valence-corrected chi connectivity index (χ1v) is 16.2. The topological polar surface area (TPSA) is 431 Å². The van der Waals surface area contributed by atoms with Crippen LogP contribution in [0.25, 0.3) is 0 Å². The quantitative estimate of drug-likeness (QED) is 0.0721. The first kappa shape index (κ1) is 47.2. The molecule has 1 fully saturated rings. The predicted octanol–water partition coefficient (Wildman–Crippen LogP) is -10.6. The number of amides is 9. The number of aliphatic carboxylic acids is 1. The van der Waals surface area contributed by atoms with Crippen LogP contribution in [0.4, 0.5) is 0 Å². The number of primary amides is 1. The molecule has 1 heterocycles. The van der Waals surface area contributed by atoms with Gasteiger partial charge in [0.15, 0.2) is 6.10 Å². The van der Waals surface area contributed by atoms with Crippen LogP contribution in [-0.2, 0) is 52.7 Å². The summed E-state index contributed by atoms with van der Waals surface area (Å²) >= 11 is 0. The van der Waals surface area contributed by atoms with Crippen LogP contribution >= 0.6 is 0 Å². The van der Waals surface area contributed by atoms with Crippen LogP contribution in [0, 0.1) is 5.92 Å². The highest BCUT2D eigenvalue weighted by Gasteiger charge is 2.41. The lowest BCUT2D eigenvalue weighted by molar-refractivity contribution is -0.148. The molecule has 1 saturated heterocycles. The number of ketones is 1. The van der Waals surface area contributed by atoms with E-state index in [2.05, 4.69) is 5.32 Å². The molecule has 16 N–H and O–H groups in total. The highest BCUT2D eigenvalue weighted by Crippen LogP contribution is 2.08. The number of nitrogens with two attached hydrogens (primary N) is 1. The lowest BCUT2D eigenvalue weighted by Crippen LogP contribution is -2.66. The van der Waals surface area contributed by atoms with Gasteiger partial charge >= 0.3 is 5.97 Å². The Labute approximate surface area is 310 Å². The minimum Gasteiger partial charge on any atom is -0.479 e. The summed E-state index contributed by atoms with van der Waals surface area (Å²) in [6, 6.07) is -12.7. The van der Waals surface area contributed by atoms with E-state index >= 15 is 0 Å². The Bertz CT molecular complexity index is 1520. The summed E-state index contributed by atoms with van der Waals surface area (Å²) in [4.78, 5) is 139. The number of carboxylic acid groups (broad SMARTS) is 1. The maximum absolute atomic E-state index is 13.5. The normalized spacial score (nSPS) is 27.1. The zero-order valence-electron chi connectivity index (χ0n) is 29.7. The molecule has 26 nitrogen and oxygen atoms in total. The maximum atomic E-state index is 13.5. The van der Waals surface area contributed by atoms with Gasteiger partial charge in [-0.25, -0.2) is 4.79 Å². The first-order valence-electron chi connectivity index (χ1n) is 16.2. The molecule has 0 aliphatic carbocycles. The molecular weight excluding hydrogens is 746 g/mol. The van der Waals surface area contributed by atoms with E-state index in [0.717, 1.165) is 13.8 Å². The molecular formula is C29H45N9O17. The molecule has 0 radical (unpaired) electrons. The third-order valence-corrected chi connectivity index (χ3v) is 7.65. The van der Waals surface area contributed by atoms with Gasteiger partial charge in [-0.1, -0.05) is 13.8 Å². The number of hydrogen-bond donors (Lipinski definition) is 15. The molecule has 0 saturated carbocycles. The SMILES string of the molecule is CC(=O)C(=O)NC[C@@H]1NC(=O)C(C(=O)O)NC(=O)[C@@H](O)CNC(=O)[C@H]([C@@H](C)O)NC(=O)C(C(O)C(O)C(N)=O)NC(=O)[C@H](C(C)C)NC(=O)[C@H](CO)NC1=O. The van der Waals surface area contributed by atoms with E-state index < -0.39 is 151 Å². The molecule has 308 valence electrons. The van der Waals surface area contributed by atoms with E-state index in [1.165, 1.54) is 13.8 Å². The van der Waals surface area contributed by atoms with Gasteiger partial charge in [-0.3, -0.25) is 47.9 Å².